The Hall–Kier alpha value is -3.95. The maximum Gasteiger partial charge on any atom is 0.262 e. The molecule has 1 aliphatic rings. The maximum absolute atomic E-state index is 11.9. The Morgan fingerprint density at radius 2 is 2.00 bits per heavy atom. The zero-order valence-electron chi connectivity index (χ0n) is 19.6. The number of aromatic nitrogens is 2. The molecule has 6 rings (SSSR count). The normalized spacial score (nSPS) is 13.6. The van der Waals surface area contributed by atoms with E-state index in [0.717, 1.165) is 43.4 Å². The number of nitrogens with zero attached hydrogens (tertiary/aromatic N) is 3. The van der Waals surface area contributed by atoms with E-state index < -0.39 is 0 Å². The van der Waals surface area contributed by atoms with Crippen LogP contribution < -0.4 is 14.9 Å². The van der Waals surface area contributed by atoms with Crippen molar-refractivity contribution in [3.8, 4) is 17.0 Å². The molecule has 3 heterocycles. The van der Waals surface area contributed by atoms with Crippen LogP contribution in [-0.4, -0.2) is 34.9 Å². The first kappa shape index (κ1) is 23.4. The van der Waals surface area contributed by atoms with Crippen molar-refractivity contribution in [2.75, 3.05) is 18.5 Å². The van der Waals surface area contributed by atoms with E-state index in [2.05, 4.69) is 44.4 Å². The summed E-state index contributed by atoms with van der Waals surface area (Å²) in [5.41, 5.74) is 5.69. The topological polar surface area (TPSA) is 83.8 Å². The fraction of sp³-hybridized carbons (Fsp3) is 0.107. The molecule has 0 radical (unpaired) electrons. The lowest BCUT2D eigenvalue weighted by molar-refractivity contribution is -0.118. The summed E-state index contributed by atoms with van der Waals surface area (Å²) >= 11 is 5.10. The summed E-state index contributed by atoms with van der Waals surface area (Å²) in [4.78, 5) is 20.8. The van der Waals surface area contributed by atoms with Crippen LogP contribution in [0.25, 0.3) is 22.2 Å². The second-order valence-corrected chi connectivity index (χ2v) is 10.3. The van der Waals surface area contributed by atoms with E-state index in [0.29, 0.717) is 18.0 Å². The molecule has 0 spiro atoms. The number of ether oxygens (including phenoxy) is 1. The lowest BCUT2D eigenvalue weighted by atomic mass is 10.1. The molecule has 1 amide bonds. The number of aromatic amines is 1. The number of H-pyrrole nitrogens is 1. The fourth-order valence-corrected chi connectivity index (χ4v) is 5.45. The molecule has 3 aromatic carbocycles. The quantitative estimate of drug-likeness (QED) is 0.252. The number of benzene rings is 3. The summed E-state index contributed by atoms with van der Waals surface area (Å²) in [6.45, 7) is 0.674. The molecule has 0 saturated heterocycles. The standard InChI is InChI=1S/C28H22BrN5O2S/c29-21-7-8-23-22(13-21)20(14-31-23)15-32-34-25(19-6-9-26-24(12-19)33-27(35)16-36-26)17-37-28(34)30-11-10-18-4-2-1-3-5-18/h1-9,12-15,17,31H,10-11,16H2,(H,33,35). The van der Waals surface area contributed by atoms with Gasteiger partial charge in [0.25, 0.3) is 5.91 Å². The van der Waals surface area contributed by atoms with Gasteiger partial charge >= 0.3 is 0 Å². The molecule has 184 valence electrons. The highest BCUT2D eigenvalue weighted by atomic mass is 79.9. The van der Waals surface area contributed by atoms with E-state index in [9.17, 15) is 4.79 Å². The van der Waals surface area contributed by atoms with Gasteiger partial charge in [0, 0.05) is 44.6 Å². The highest BCUT2D eigenvalue weighted by molar-refractivity contribution is 9.10. The van der Waals surface area contributed by atoms with E-state index in [1.54, 1.807) is 0 Å². The minimum Gasteiger partial charge on any atom is -0.482 e. The Morgan fingerprint density at radius 1 is 1.11 bits per heavy atom. The molecule has 0 fully saturated rings. The van der Waals surface area contributed by atoms with Crippen molar-refractivity contribution in [1.82, 2.24) is 9.66 Å². The third kappa shape index (κ3) is 5.00. The van der Waals surface area contributed by atoms with E-state index in [1.807, 2.05) is 71.0 Å². The lowest BCUT2D eigenvalue weighted by Gasteiger charge is -2.18. The van der Waals surface area contributed by atoms with Crippen molar-refractivity contribution < 1.29 is 9.53 Å². The van der Waals surface area contributed by atoms with Gasteiger partial charge in [0.2, 0.25) is 4.80 Å². The van der Waals surface area contributed by atoms with Gasteiger partial charge in [0.05, 0.1) is 17.6 Å². The molecule has 7 nitrogen and oxygen atoms in total. The number of carbonyl (C=O) groups excluding carboxylic acids is 1. The van der Waals surface area contributed by atoms with Crippen LogP contribution in [0.2, 0.25) is 0 Å². The average molecular weight is 572 g/mol. The first-order chi connectivity index (χ1) is 18.1. The van der Waals surface area contributed by atoms with Crippen molar-refractivity contribution in [2.45, 2.75) is 6.42 Å². The monoisotopic (exact) mass is 571 g/mol. The summed E-state index contributed by atoms with van der Waals surface area (Å²) in [5.74, 6) is 0.494. The number of hydrogen-bond donors (Lipinski definition) is 2. The molecule has 0 aliphatic carbocycles. The SMILES string of the molecule is O=C1COc2ccc(-c3csc(=NCCc4ccccc4)n3N=Cc3c[nH]c4ccc(Br)cc34)cc2N1. The molecule has 0 atom stereocenters. The zero-order valence-corrected chi connectivity index (χ0v) is 22.1. The van der Waals surface area contributed by atoms with Crippen LogP contribution in [0.3, 0.4) is 0 Å². The summed E-state index contributed by atoms with van der Waals surface area (Å²) in [6, 6.07) is 22.2. The van der Waals surface area contributed by atoms with Crippen molar-refractivity contribution in [3.63, 3.8) is 0 Å². The molecule has 9 heteroatoms. The fourth-order valence-electron chi connectivity index (χ4n) is 4.23. The number of fused-ring (bicyclic) bond motifs is 2. The molecule has 1 aliphatic heterocycles. The van der Waals surface area contributed by atoms with Gasteiger partial charge in [-0.1, -0.05) is 46.3 Å². The van der Waals surface area contributed by atoms with Crippen molar-refractivity contribution in [2.24, 2.45) is 10.1 Å². The van der Waals surface area contributed by atoms with Gasteiger partial charge in [-0.2, -0.15) is 5.10 Å². The van der Waals surface area contributed by atoms with E-state index in [-0.39, 0.29) is 12.5 Å². The Labute approximate surface area is 225 Å². The first-order valence-electron chi connectivity index (χ1n) is 11.8. The Balaban J connectivity index is 1.40. The Kier molecular flexibility index (Phi) is 6.46. The van der Waals surface area contributed by atoms with Crippen molar-refractivity contribution >= 4 is 56.0 Å². The molecular formula is C28H22BrN5O2S. The van der Waals surface area contributed by atoms with Crippen LogP contribution in [0.1, 0.15) is 11.1 Å². The smallest absolute Gasteiger partial charge is 0.262 e. The second kappa shape index (κ2) is 10.2. The third-order valence-electron chi connectivity index (χ3n) is 6.07. The Bertz CT molecular complexity index is 1700. The van der Waals surface area contributed by atoms with E-state index >= 15 is 0 Å². The average Bonchev–Trinajstić information content (AvgIpc) is 3.51. The van der Waals surface area contributed by atoms with Gasteiger partial charge in [-0.3, -0.25) is 9.79 Å². The zero-order chi connectivity index (χ0) is 25.2. The molecule has 5 aromatic rings. The number of carbonyl (C=O) groups is 1. The third-order valence-corrected chi connectivity index (χ3v) is 7.42. The number of hydrogen-bond acceptors (Lipinski definition) is 5. The van der Waals surface area contributed by atoms with E-state index in [1.165, 1.54) is 16.9 Å². The van der Waals surface area contributed by atoms with Gasteiger partial charge < -0.3 is 15.0 Å². The van der Waals surface area contributed by atoms with Gasteiger partial charge in [-0.05, 0) is 48.4 Å². The van der Waals surface area contributed by atoms with Gasteiger partial charge in [-0.15, -0.1) is 11.3 Å². The highest BCUT2D eigenvalue weighted by Crippen LogP contribution is 2.33. The summed E-state index contributed by atoms with van der Waals surface area (Å²) < 4.78 is 8.40. The molecule has 37 heavy (non-hydrogen) atoms. The number of thiazole rings is 1. The van der Waals surface area contributed by atoms with E-state index in [4.69, 9.17) is 14.8 Å². The lowest BCUT2D eigenvalue weighted by Crippen LogP contribution is -2.25. The molecular weight excluding hydrogens is 550 g/mol. The number of anilines is 1. The molecule has 0 bridgehead atoms. The van der Waals surface area contributed by atoms with Crippen LogP contribution in [0.5, 0.6) is 5.75 Å². The van der Waals surface area contributed by atoms with Crippen LogP contribution in [0.15, 0.2) is 92.9 Å². The number of amides is 1. The molecule has 0 saturated carbocycles. The molecule has 2 N–H and O–H groups in total. The van der Waals surface area contributed by atoms with Gasteiger partial charge in [0.15, 0.2) is 6.61 Å². The van der Waals surface area contributed by atoms with Crippen molar-refractivity contribution in [3.05, 3.63) is 98.7 Å². The predicted molar refractivity (Wildman–Crippen MR) is 151 cm³/mol. The second-order valence-electron chi connectivity index (χ2n) is 8.56. The molecule has 2 aromatic heterocycles. The summed E-state index contributed by atoms with van der Waals surface area (Å²) in [5, 5.41) is 10.9. The largest absolute Gasteiger partial charge is 0.482 e. The van der Waals surface area contributed by atoms with Crippen LogP contribution in [0, 0.1) is 0 Å². The summed E-state index contributed by atoms with van der Waals surface area (Å²) in [6.07, 6.45) is 4.64. The number of halogens is 1. The van der Waals surface area contributed by atoms with Crippen molar-refractivity contribution in [1.29, 1.82) is 0 Å². The number of nitrogens with one attached hydrogen (secondary N) is 2. The first-order valence-corrected chi connectivity index (χ1v) is 13.4. The van der Waals surface area contributed by atoms with Gasteiger partial charge in [-0.25, -0.2) is 4.68 Å². The predicted octanol–water partition coefficient (Wildman–Crippen LogP) is 5.82. The van der Waals surface area contributed by atoms with Crippen LogP contribution in [0.4, 0.5) is 5.69 Å². The highest BCUT2D eigenvalue weighted by Gasteiger charge is 2.18. The molecule has 0 unspecified atom stereocenters. The van der Waals surface area contributed by atoms with Gasteiger partial charge in [0.1, 0.15) is 5.75 Å². The summed E-state index contributed by atoms with van der Waals surface area (Å²) in [7, 11) is 0. The maximum atomic E-state index is 11.9. The Morgan fingerprint density at radius 3 is 2.89 bits per heavy atom. The van der Waals surface area contributed by atoms with Crippen LogP contribution >= 0.6 is 27.3 Å². The minimum absolute atomic E-state index is 0.0280. The van der Waals surface area contributed by atoms with Crippen LogP contribution in [-0.2, 0) is 11.2 Å². The minimum atomic E-state index is -0.164. The number of rotatable bonds is 6.